The van der Waals surface area contributed by atoms with Crippen LogP contribution in [0.4, 0.5) is 0 Å². The van der Waals surface area contributed by atoms with Crippen molar-refractivity contribution in [1.82, 2.24) is 21.1 Å². The number of benzene rings is 1. The second-order valence-corrected chi connectivity index (χ2v) is 6.38. The number of carbonyl (C=O) groups is 2. The molecule has 6 nitrogen and oxygen atoms in total. The molecule has 1 fully saturated rings. The van der Waals surface area contributed by atoms with Crippen molar-refractivity contribution in [2.24, 2.45) is 0 Å². The third-order valence-corrected chi connectivity index (χ3v) is 4.37. The number of nitrogens with zero attached hydrogens (tertiary/aromatic N) is 1. The zero-order chi connectivity index (χ0) is 17.4. The van der Waals surface area contributed by atoms with Gasteiger partial charge in [-0.05, 0) is 24.8 Å². The first-order chi connectivity index (χ1) is 11.6. The van der Waals surface area contributed by atoms with Crippen LogP contribution in [0.1, 0.15) is 44.2 Å². The van der Waals surface area contributed by atoms with E-state index in [-0.39, 0.29) is 11.8 Å². The average molecular weight is 332 g/mol. The van der Waals surface area contributed by atoms with Crippen LogP contribution in [0.5, 0.6) is 0 Å². The lowest BCUT2D eigenvalue weighted by Crippen LogP contribution is -2.33. The predicted octanol–water partition coefficient (Wildman–Crippen LogP) is 1.36. The molecule has 132 valence electrons. The van der Waals surface area contributed by atoms with E-state index in [2.05, 4.69) is 40.4 Å². The number of rotatable bonds is 8. The summed E-state index contributed by atoms with van der Waals surface area (Å²) in [6.45, 7) is 2.61. The van der Waals surface area contributed by atoms with Gasteiger partial charge in [0.15, 0.2) is 0 Å². The summed E-state index contributed by atoms with van der Waals surface area (Å²) in [5.74, 6) is -0.0263. The van der Waals surface area contributed by atoms with Crippen LogP contribution < -0.4 is 16.2 Å². The summed E-state index contributed by atoms with van der Waals surface area (Å²) < 4.78 is 0. The van der Waals surface area contributed by atoms with Crippen molar-refractivity contribution in [3.8, 4) is 0 Å². The number of hydrogen-bond donors (Lipinski definition) is 3. The topological polar surface area (TPSA) is 73.5 Å². The maximum Gasteiger partial charge on any atom is 0.224 e. The molecule has 1 aliphatic rings. The van der Waals surface area contributed by atoms with Crippen LogP contribution in [0.15, 0.2) is 30.3 Å². The van der Waals surface area contributed by atoms with Gasteiger partial charge in [-0.25, -0.2) is 0 Å². The molecule has 2 atom stereocenters. The molecule has 0 saturated carbocycles. The highest BCUT2D eigenvalue weighted by Crippen LogP contribution is 2.23. The minimum Gasteiger partial charge on any atom is -0.356 e. The fourth-order valence-electron chi connectivity index (χ4n) is 2.95. The van der Waals surface area contributed by atoms with Crippen LogP contribution in [0.3, 0.4) is 0 Å². The van der Waals surface area contributed by atoms with Crippen LogP contribution >= 0.6 is 0 Å². The van der Waals surface area contributed by atoms with E-state index in [4.69, 9.17) is 0 Å². The second kappa shape index (κ2) is 9.39. The van der Waals surface area contributed by atoms with Gasteiger partial charge in [-0.3, -0.25) is 20.4 Å². The van der Waals surface area contributed by atoms with E-state index in [1.807, 2.05) is 13.1 Å². The fourth-order valence-corrected chi connectivity index (χ4v) is 2.95. The van der Waals surface area contributed by atoms with Gasteiger partial charge in [-0.1, -0.05) is 30.3 Å². The van der Waals surface area contributed by atoms with E-state index in [1.54, 1.807) is 4.90 Å². The Balaban J connectivity index is 1.62. The average Bonchev–Trinajstić information content (AvgIpc) is 3.04. The maximum atomic E-state index is 11.9. The highest BCUT2D eigenvalue weighted by molar-refractivity contribution is 5.77. The Morgan fingerprint density at radius 1 is 1.25 bits per heavy atom. The second-order valence-electron chi connectivity index (χ2n) is 6.38. The lowest BCUT2D eigenvalue weighted by atomic mass is 10.00. The smallest absolute Gasteiger partial charge is 0.224 e. The van der Waals surface area contributed by atoms with Crippen molar-refractivity contribution in [1.29, 1.82) is 0 Å². The summed E-state index contributed by atoms with van der Waals surface area (Å²) in [5.41, 5.74) is 8.01. The monoisotopic (exact) mass is 332 g/mol. The van der Waals surface area contributed by atoms with Gasteiger partial charge in [-0.2, -0.15) is 0 Å². The Kier molecular flexibility index (Phi) is 7.21. The Bertz CT molecular complexity index is 535. The van der Waals surface area contributed by atoms with Crippen molar-refractivity contribution in [2.45, 2.75) is 44.7 Å². The highest BCUT2D eigenvalue weighted by atomic mass is 16.2. The van der Waals surface area contributed by atoms with Crippen molar-refractivity contribution in [2.75, 3.05) is 20.1 Å². The van der Waals surface area contributed by atoms with Gasteiger partial charge in [0.1, 0.15) is 0 Å². The molecule has 2 amide bonds. The summed E-state index contributed by atoms with van der Waals surface area (Å²) in [4.78, 5) is 24.5. The van der Waals surface area contributed by atoms with Crippen molar-refractivity contribution >= 4 is 11.8 Å². The van der Waals surface area contributed by atoms with Gasteiger partial charge in [0, 0.05) is 45.6 Å². The molecule has 1 aromatic rings. The minimum atomic E-state index is -0.0989. The van der Waals surface area contributed by atoms with Crippen LogP contribution in [-0.2, 0) is 9.59 Å². The summed E-state index contributed by atoms with van der Waals surface area (Å²) in [6, 6.07) is 11.2. The van der Waals surface area contributed by atoms with Crippen LogP contribution in [0, 0.1) is 0 Å². The maximum absolute atomic E-state index is 11.9. The first-order valence-corrected chi connectivity index (χ1v) is 8.60. The van der Waals surface area contributed by atoms with E-state index in [1.165, 1.54) is 12.5 Å². The van der Waals surface area contributed by atoms with E-state index in [9.17, 15) is 9.59 Å². The van der Waals surface area contributed by atoms with Gasteiger partial charge in [0.2, 0.25) is 11.8 Å². The Morgan fingerprint density at radius 2 is 2.00 bits per heavy atom. The summed E-state index contributed by atoms with van der Waals surface area (Å²) in [6.07, 6.45) is 3.41. The fraction of sp³-hybridized carbons (Fsp3) is 0.556. The molecule has 0 bridgehead atoms. The molecule has 24 heavy (non-hydrogen) atoms. The molecule has 1 saturated heterocycles. The first-order valence-electron chi connectivity index (χ1n) is 8.60. The molecule has 0 spiro atoms. The molecule has 1 heterocycles. The largest absolute Gasteiger partial charge is 0.356 e. The predicted molar refractivity (Wildman–Crippen MR) is 94.0 cm³/mol. The molecular weight excluding hydrogens is 304 g/mol. The lowest BCUT2D eigenvalue weighted by Gasteiger charge is -2.18. The molecule has 2 rings (SSSR count). The van der Waals surface area contributed by atoms with Crippen LogP contribution in [0.25, 0.3) is 0 Å². The minimum absolute atomic E-state index is 0.0726. The zero-order valence-corrected chi connectivity index (χ0v) is 14.5. The van der Waals surface area contributed by atoms with Gasteiger partial charge in [0.25, 0.3) is 0 Å². The first kappa shape index (κ1) is 18.4. The Hall–Kier alpha value is -1.92. The van der Waals surface area contributed by atoms with Crippen molar-refractivity contribution in [3.05, 3.63) is 35.9 Å². The standard InChI is InChI=1S/C18H28N4O2/c1-14(23)19-11-10-18(24)22(2)12-6-9-16-13-17(21-20-16)15-7-4-3-5-8-15/h3-5,7-8,16-17,20-21H,6,9-13H2,1-2H3,(H,19,23). The molecule has 2 unspecified atom stereocenters. The number of hydrazine groups is 1. The zero-order valence-electron chi connectivity index (χ0n) is 14.5. The molecule has 3 N–H and O–H groups in total. The summed E-state index contributed by atoms with van der Waals surface area (Å²) in [7, 11) is 1.82. The number of carbonyl (C=O) groups excluding carboxylic acids is 2. The number of amides is 2. The summed E-state index contributed by atoms with van der Waals surface area (Å²) >= 11 is 0. The third kappa shape index (κ3) is 5.94. The van der Waals surface area contributed by atoms with Crippen LogP contribution in [0.2, 0.25) is 0 Å². The van der Waals surface area contributed by atoms with E-state index in [0.29, 0.717) is 25.0 Å². The van der Waals surface area contributed by atoms with Gasteiger partial charge in [0.05, 0.1) is 0 Å². The number of nitrogens with one attached hydrogen (secondary N) is 3. The Labute approximate surface area is 144 Å². The lowest BCUT2D eigenvalue weighted by molar-refractivity contribution is -0.130. The van der Waals surface area contributed by atoms with E-state index in [0.717, 1.165) is 25.8 Å². The third-order valence-electron chi connectivity index (χ3n) is 4.37. The van der Waals surface area contributed by atoms with Gasteiger partial charge >= 0.3 is 0 Å². The van der Waals surface area contributed by atoms with Crippen molar-refractivity contribution < 1.29 is 9.59 Å². The molecule has 0 aromatic heterocycles. The molecule has 0 radical (unpaired) electrons. The highest BCUT2D eigenvalue weighted by Gasteiger charge is 2.24. The van der Waals surface area contributed by atoms with E-state index >= 15 is 0 Å². The molecular formula is C18H28N4O2. The summed E-state index contributed by atoms with van der Waals surface area (Å²) in [5, 5.41) is 2.65. The van der Waals surface area contributed by atoms with Gasteiger partial charge < -0.3 is 10.2 Å². The SMILES string of the molecule is CC(=O)NCCC(=O)N(C)CCCC1CC(c2ccccc2)NN1. The van der Waals surface area contributed by atoms with Crippen LogP contribution in [-0.4, -0.2) is 42.9 Å². The molecule has 1 aliphatic heterocycles. The number of hydrogen-bond acceptors (Lipinski definition) is 4. The van der Waals surface area contributed by atoms with Crippen molar-refractivity contribution in [3.63, 3.8) is 0 Å². The Morgan fingerprint density at radius 3 is 2.71 bits per heavy atom. The van der Waals surface area contributed by atoms with Gasteiger partial charge in [-0.15, -0.1) is 0 Å². The molecule has 1 aromatic carbocycles. The quantitative estimate of drug-likeness (QED) is 0.672. The van der Waals surface area contributed by atoms with E-state index < -0.39 is 0 Å². The normalized spacial score (nSPS) is 19.9. The molecule has 0 aliphatic carbocycles. The molecule has 6 heteroatoms.